The summed E-state index contributed by atoms with van der Waals surface area (Å²) in [7, 11) is 0. The van der Waals surface area contributed by atoms with Crippen molar-refractivity contribution in [3.63, 3.8) is 0 Å². The predicted octanol–water partition coefficient (Wildman–Crippen LogP) is 4.39. The molecule has 8 nitrogen and oxygen atoms in total. The molecule has 0 unspecified atom stereocenters. The number of benzene rings is 1. The summed E-state index contributed by atoms with van der Waals surface area (Å²) in [6, 6.07) is 8.36. The smallest absolute Gasteiger partial charge is 0.254 e. The maximum atomic E-state index is 12.6. The van der Waals surface area contributed by atoms with E-state index >= 15 is 0 Å². The number of nitrogens with zero attached hydrogens (tertiary/aromatic N) is 5. The summed E-state index contributed by atoms with van der Waals surface area (Å²) < 4.78 is 9.13. The van der Waals surface area contributed by atoms with Crippen molar-refractivity contribution in [1.29, 1.82) is 0 Å². The van der Waals surface area contributed by atoms with Gasteiger partial charge in [0.25, 0.3) is 5.91 Å². The summed E-state index contributed by atoms with van der Waals surface area (Å²) >= 11 is 0. The maximum Gasteiger partial charge on any atom is 0.254 e. The average molecular weight is 471 g/mol. The van der Waals surface area contributed by atoms with Gasteiger partial charge in [0.1, 0.15) is 6.33 Å². The lowest BCUT2D eigenvalue weighted by Gasteiger charge is -2.18. The normalized spacial score (nSPS) is 14.2. The van der Waals surface area contributed by atoms with Crippen LogP contribution in [0.2, 0.25) is 0 Å². The fraction of sp³-hybridized carbons (Fsp3) is 0.333. The molecule has 4 heterocycles. The van der Waals surface area contributed by atoms with E-state index in [1.165, 1.54) is 5.57 Å². The molecule has 0 spiro atoms. The third kappa shape index (κ3) is 4.74. The van der Waals surface area contributed by atoms with Gasteiger partial charge in [-0.2, -0.15) is 10.2 Å². The topological polar surface area (TPSA) is 86.3 Å². The van der Waals surface area contributed by atoms with Gasteiger partial charge in [-0.25, -0.2) is 9.50 Å². The zero-order valence-corrected chi connectivity index (χ0v) is 20.6. The number of rotatable bonds is 5. The zero-order valence-electron chi connectivity index (χ0n) is 20.6. The van der Waals surface area contributed by atoms with Gasteiger partial charge in [0.2, 0.25) is 0 Å². The Labute approximate surface area is 204 Å². The Morgan fingerprint density at radius 2 is 2.00 bits per heavy atom. The molecule has 1 aliphatic rings. The molecule has 0 saturated heterocycles. The minimum Gasteiger partial charge on any atom is -0.377 e. The first-order valence-corrected chi connectivity index (χ1v) is 11.8. The molecule has 0 aliphatic carbocycles. The number of ether oxygens (including phenoxy) is 1. The summed E-state index contributed by atoms with van der Waals surface area (Å²) in [5, 5.41) is 11.7. The van der Waals surface area contributed by atoms with Crippen LogP contribution < -0.4 is 5.32 Å². The number of fused-ring (bicyclic) bond motifs is 1. The van der Waals surface area contributed by atoms with Gasteiger partial charge in [0, 0.05) is 24.5 Å². The van der Waals surface area contributed by atoms with Crippen LogP contribution in [0, 0.1) is 6.92 Å². The van der Waals surface area contributed by atoms with Crippen LogP contribution in [0.4, 0.5) is 0 Å². The van der Waals surface area contributed by atoms with Crippen molar-refractivity contribution in [3.05, 3.63) is 77.5 Å². The summed E-state index contributed by atoms with van der Waals surface area (Å²) in [6.45, 7) is 10.0. The standard InChI is InChI=1S/C27H30N6O2/c1-18-11-20(5-6-21(18)13-28-26(34)23-14-30-33(16-23)27(2,3)4)25-24-12-22(15-32(24)31-17-29-25)19-7-9-35-10-8-19/h5-7,11-12,14-17H,8-10,13H2,1-4H3,(H,28,34). The van der Waals surface area contributed by atoms with E-state index in [-0.39, 0.29) is 11.4 Å². The lowest BCUT2D eigenvalue weighted by Crippen LogP contribution is -2.24. The number of carbonyl (C=O) groups is 1. The maximum absolute atomic E-state index is 12.6. The molecule has 35 heavy (non-hydrogen) atoms. The Hall–Kier alpha value is -3.78. The van der Waals surface area contributed by atoms with Crippen molar-refractivity contribution < 1.29 is 9.53 Å². The van der Waals surface area contributed by atoms with Crippen LogP contribution in [-0.2, 0) is 16.8 Å². The Kier molecular flexibility index (Phi) is 5.98. The molecule has 4 aromatic rings. The molecule has 1 aromatic carbocycles. The first kappa shape index (κ1) is 23.0. The highest BCUT2D eigenvalue weighted by atomic mass is 16.5. The van der Waals surface area contributed by atoms with E-state index in [0.717, 1.165) is 46.5 Å². The highest BCUT2D eigenvalue weighted by molar-refractivity contribution is 5.93. The molecule has 1 amide bonds. The molecular formula is C27H30N6O2. The van der Waals surface area contributed by atoms with Gasteiger partial charge in [-0.1, -0.05) is 18.2 Å². The van der Waals surface area contributed by atoms with Crippen LogP contribution in [0.1, 0.15) is 54.2 Å². The average Bonchev–Trinajstić information content (AvgIpc) is 3.51. The number of hydrogen-bond donors (Lipinski definition) is 1. The second-order valence-corrected chi connectivity index (χ2v) is 9.89. The molecule has 180 valence electrons. The SMILES string of the molecule is Cc1cc(-c2ncnn3cc(C4=CCOCC4)cc23)ccc1CNC(=O)c1cnn(C(C)(C)C)c1. The van der Waals surface area contributed by atoms with Gasteiger partial charge in [-0.3, -0.25) is 9.48 Å². The van der Waals surface area contributed by atoms with Crippen molar-refractivity contribution >= 4 is 17.0 Å². The fourth-order valence-electron chi connectivity index (χ4n) is 4.24. The minimum absolute atomic E-state index is 0.135. The second kappa shape index (κ2) is 9.11. The van der Waals surface area contributed by atoms with E-state index in [4.69, 9.17) is 4.74 Å². The predicted molar refractivity (Wildman–Crippen MR) is 135 cm³/mol. The molecule has 0 radical (unpaired) electrons. The van der Waals surface area contributed by atoms with E-state index in [0.29, 0.717) is 18.7 Å². The minimum atomic E-state index is -0.167. The highest BCUT2D eigenvalue weighted by Gasteiger charge is 2.17. The third-order valence-electron chi connectivity index (χ3n) is 6.33. The molecule has 1 N–H and O–H groups in total. The monoisotopic (exact) mass is 470 g/mol. The van der Waals surface area contributed by atoms with Gasteiger partial charge in [-0.15, -0.1) is 0 Å². The van der Waals surface area contributed by atoms with E-state index in [1.807, 2.05) is 10.6 Å². The molecule has 5 rings (SSSR count). The van der Waals surface area contributed by atoms with Crippen molar-refractivity contribution in [1.82, 2.24) is 29.7 Å². The van der Waals surface area contributed by atoms with E-state index in [9.17, 15) is 4.79 Å². The Morgan fingerprint density at radius 1 is 1.14 bits per heavy atom. The van der Waals surface area contributed by atoms with Crippen LogP contribution >= 0.6 is 0 Å². The number of carbonyl (C=O) groups excluding carboxylic acids is 1. The van der Waals surface area contributed by atoms with Crippen molar-refractivity contribution in [3.8, 4) is 11.3 Å². The molecule has 0 atom stereocenters. The highest BCUT2D eigenvalue weighted by Crippen LogP contribution is 2.29. The first-order chi connectivity index (χ1) is 16.8. The first-order valence-electron chi connectivity index (χ1n) is 11.8. The van der Waals surface area contributed by atoms with Gasteiger partial charge in [-0.05, 0) is 68.5 Å². The van der Waals surface area contributed by atoms with Gasteiger partial charge < -0.3 is 10.1 Å². The lowest BCUT2D eigenvalue weighted by atomic mass is 10.0. The Balaban J connectivity index is 1.34. The Bertz CT molecular complexity index is 1420. The number of aryl methyl sites for hydroxylation is 1. The van der Waals surface area contributed by atoms with E-state index in [1.54, 1.807) is 23.4 Å². The van der Waals surface area contributed by atoms with E-state index < -0.39 is 0 Å². The van der Waals surface area contributed by atoms with Crippen LogP contribution in [-0.4, -0.2) is 43.5 Å². The van der Waals surface area contributed by atoms with Crippen molar-refractivity contribution in [2.45, 2.75) is 46.2 Å². The van der Waals surface area contributed by atoms with Gasteiger partial charge in [0.15, 0.2) is 0 Å². The summed E-state index contributed by atoms with van der Waals surface area (Å²) in [6.07, 6.45) is 10.1. The molecule has 1 aliphatic heterocycles. The number of nitrogens with one attached hydrogen (secondary N) is 1. The van der Waals surface area contributed by atoms with Crippen molar-refractivity contribution in [2.24, 2.45) is 0 Å². The zero-order chi connectivity index (χ0) is 24.6. The Morgan fingerprint density at radius 3 is 2.71 bits per heavy atom. The summed E-state index contributed by atoms with van der Waals surface area (Å²) in [5.41, 5.74) is 7.83. The molecule has 8 heteroatoms. The number of amides is 1. The molecule has 0 saturated carbocycles. The van der Waals surface area contributed by atoms with Crippen molar-refractivity contribution in [2.75, 3.05) is 13.2 Å². The van der Waals surface area contributed by atoms with Crippen LogP contribution in [0.5, 0.6) is 0 Å². The van der Waals surface area contributed by atoms with Crippen LogP contribution in [0.25, 0.3) is 22.3 Å². The fourth-order valence-corrected chi connectivity index (χ4v) is 4.24. The largest absolute Gasteiger partial charge is 0.377 e. The lowest BCUT2D eigenvalue weighted by molar-refractivity contribution is 0.0950. The summed E-state index contributed by atoms with van der Waals surface area (Å²) in [5.74, 6) is -0.135. The van der Waals surface area contributed by atoms with Crippen LogP contribution in [0.3, 0.4) is 0 Å². The van der Waals surface area contributed by atoms with Crippen LogP contribution in [0.15, 0.2) is 55.3 Å². The summed E-state index contributed by atoms with van der Waals surface area (Å²) in [4.78, 5) is 17.2. The third-order valence-corrected chi connectivity index (χ3v) is 6.33. The molecule has 3 aromatic heterocycles. The van der Waals surface area contributed by atoms with Gasteiger partial charge in [0.05, 0.1) is 41.7 Å². The quantitative estimate of drug-likeness (QED) is 0.468. The molecular weight excluding hydrogens is 440 g/mol. The molecule has 0 bridgehead atoms. The molecule has 0 fully saturated rings. The second-order valence-electron chi connectivity index (χ2n) is 9.89. The number of aromatic nitrogens is 5. The number of hydrogen-bond acceptors (Lipinski definition) is 5. The van der Waals surface area contributed by atoms with Gasteiger partial charge >= 0.3 is 0 Å². The van der Waals surface area contributed by atoms with E-state index in [2.05, 4.69) is 78.7 Å².